The lowest BCUT2D eigenvalue weighted by Gasteiger charge is -2.46. The second-order valence-corrected chi connectivity index (χ2v) is 9.09. The van der Waals surface area contributed by atoms with E-state index in [0.717, 1.165) is 50.1 Å². The molecule has 29 heavy (non-hydrogen) atoms. The number of likely N-dealkylation sites (tertiary alicyclic amines) is 1. The first-order valence-corrected chi connectivity index (χ1v) is 11.0. The summed E-state index contributed by atoms with van der Waals surface area (Å²) in [5, 5.41) is 0. The van der Waals surface area contributed by atoms with Crippen LogP contribution in [-0.2, 0) is 11.2 Å². The van der Waals surface area contributed by atoms with Crippen LogP contribution in [0.3, 0.4) is 0 Å². The molecule has 2 aromatic rings. The Labute approximate surface area is 173 Å². The predicted octanol–water partition coefficient (Wildman–Crippen LogP) is 4.10. The molecule has 1 amide bonds. The van der Waals surface area contributed by atoms with E-state index in [1.54, 1.807) is 0 Å². The molecule has 4 heteroatoms. The Kier molecular flexibility index (Phi) is 4.83. The third-order valence-electron chi connectivity index (χ3n) is 7.03. The molecule has 2 aromatic carbocycles. The molecule has 2 N–H and O–H groups in total. The van der Waals surface area contributed by atoms with Crippen LogP contribution in [0.2, 0.25) is 0 Å². The Morgan fingerprint density at radius 3 is 2.48 bits per heavy atom. The zero-order chi connectivity index (χ0) is 19.8. The van der Waals surface area contributed by atoms with E-state index in [1.807, 2.05) is 24.3 Å². The van der Waals surface area contributed by atoms with Crippen LogP contribution in [0.5, 0.6) is 5.75 Å². The maximum atomic E-state index is 13.4. The van der Waals surface area contributed by atoms with Crippen LogP contribution < -0.4 is 10.5 Å². The van der Waals surface area contributed by atoms with Gasteiger partial charge in [0, 0.05) is 49.9 Å². The number of carbonyl (C=O) groups excluding carboxylic acids is 1. The summed E-state index contributed by atoms with van der Waals surface area (Å²) in [6, 6.07) is 18.6. The van der Waals surface area contributed by atoms with E-state index in [-0.39, 0.29) is 17.6 Å². The van der Waals surface area contributed by atoms with Gasteiger partial charge in [-0.1, -0.05) is 48.5 Å². The smallest absolute Gasteiger partial charge is 0.226 e. The summed E-state index contributed by atoms with van der Waals surface area (Å²) in [6.45, 7) is 1.54. The van der Waals surface area contributed by atoms with E-state index in [4.69, 9.17) is 10.5 Å². The van der Waals surface area contributed by atoms with Gasteiger partial charge in [-0.05, 0) is 36.8 Å². The first-order valence-electron chi connectivity index (χ1n) is 11.0. The summed E-state index contributed by atoms with van der Waals surface area (Å²) in [7, 11) is 0. The molecule has 1 saturated heterocycles. The molecule has 1 saturated carbocycles. The third-order valence-corrected chi connectivity index (χ3v) is 7.03. The largest absolute Gasteiger partial charge is 0.487 e. The molecule has 3 aliphatic rings. The molecule has 2 fully saturated rings. The Bertz CT molecular complexity index is 869. The van der Waals surface area contributed by atoms with Gasteiger partial charge in [-0.3, -0.25) is 4.79 Å². The standard InChI is InChI=1S/C25H30N2O2/c26-22-17-25(29-23-9-5-4-8-20(22)23)12-14-27(15-13-25)24(28)21(19-10-11-19)16-18-6-2-1-3-7-18/h1-9,19,21-22H,10-17,26H2. The SMILES string of the molecule is NC1CC2(CCN(C(=O)C(Cc3ccccc3)C3CC3)CC2)Oc2ccccc21. The van der Waals surface area contributed by atoms with Crippen molar-refractivity contribution in [3.63, 3.8) is 0 Å². The Hall–Kier alpha value is -2.33. The van der Waals surface area contributed by atoms with Crippen molar-refractivity contribution in [2.45, 2.75) is 50.2 Å². The van der Waals surface area contributed by atoms with Gasteiger partial charge >= 0.3 is 0 Å². The molecule has 2 heterocycles. The third kappa shape index (κ3) is 3.78. The monoisotopic (exact) mass is 390 g/mol. The Morgan fingerprint density at radius 1 is 1.07 bits per heavy atom. The number of hydrogen-bond donors (Lipinski definition) is 1. The molecule has 1 spiro atoms. The van der Waals surface area contributed by atoms with Gasteiger partial charge in [0.2, 0.25) is 5.91 Å². The van der Waals surface area contributed by atoms with Gasteiger partial charge in [0.25, 0.3) is 0 Å². The van der Waals surface area contributed by atoms with Crippen molar-refractivity contribution in [2.24, 2.45) is 17.6 Å². The summed E-state index contributed by atoms with van der Waals surface area (Å²) >= 11 is 0. The fourth-order valence-electron chi connectivity index (χ4n) is 5.16. The number of benzene rings is 2. The number of amides is 1. The van der Waals surface area contributed by atoms with Crippen molar-refractivity contribution in [3.05, 3.63) is 65.7 Å². The number of carbonyl (C=O) groups is 1. The number of nitrogens with two attached hydrogens (primary N) is 1. The summed E-state index contributed by atoms with van der Waals surface area (Å²) in [4.78, 5) is 15.5. The van der Waals surface area contributed by atoms with Crippen molar-refractivity contribution < 1.29 is 9.53 Å². The molecule has 5 rings (SSSR count). The minimum Gasteiger partial charge on any atom is -0.487 e. The zero-order valence-electron chi connectivity index (χ0n) is 16.9. The van der Waals surface area contributed by atoms with Gasteiger partial charge in [-0.15, -0.1) is 0 Å². The summed E-state index contributed by atoms with van der Waals surface area (Å²) < 4.78 is 6.46. The summed E-state index contributed by atoms with van der Waals surface area (Å²) in [5.41, 5.74) is 8.62. The highest BCUT2D eigenvalue weighted by atomic mass is 16.5. The number of para-hydroxylation sites is 1. The quantitative estimate of drug-likeness (QED) is 0.855. The van der Waals surface area contributed by atoms with Crippen LogP contribution in [0.25, 0.3) is 0 Å². The number of hydrogen-bond acceptors (Lipinski definition) is 3. The molecule has 2 unspecified atom stereocenters. The second kappa shape index (κ2) is 7.49. The van der Waals surface area contributed by atoms with Gasteiger partial charge < -0.3 is 15.4 Å². The van der Waals surface area contributed by atoms with Crippen LogP contribution in [0.1, 0.15) is 49.3 Å². The predicted molar refractivity (Wildman–Crippen MR) is 114 cm³/mol. The van der Waals surface area contributed by atoms with Crippen LogP contribution >= 0.6 is 0 Å². The normalized spacial score (nSPS) is 23.9. The van der Waals surface area contributed by atoms with Gasteiger partial charge in [0.05, 0.1) is 0 Å². The number of ether oxygens (including phenoxy) is 1. The van der Waals surface area contributed by atoms with Gasteiger partial charge in [-0.25, -0.2) is 0 Å². The van der Waals surface area contributed by atoms with Gasteiger partial charge in [-0.2, -0.15) is 0 Å². The number of piperidine rings is 1. The second-order valence-electron chi connectivity index (χ2n) is 9.09. The van der Waals surface area contributed by atoms with Crippen LogP contribution in [0.15, 0.2) is 54.6 Å². The number of nitrogens with zero attached hydrogens (tertiary/aromatic N) is 1. The molecule has 4 nitrogen and oxygen atoms in total. The average molecular weight is 391 g/mol. The molecule has 0 radical (unpaired) electrons. The molecule has 0 aromatic heterocycles. The molecule has 0 bridgehead atoms. The lowest BCUT2D eigenvalue weighted by atomic mass is 9.80. The summed E-state index contributed by atoms with van der Waals surface area (Å²) in [6.07, 6.45) is 5.81. The van der Waals surface area contributed by atoms with E-state index in [2.05, 4.69) is 35.2 Å². The first-order chi connectivity index (χ1) is 14.1. The van der Waals surface area contributed by atoms with E-state index < -0.39 is 0 Å². The average Bonchev–Trinajstić information content (AvgIpc) is 3.58. The van der Waals surface area contributed by atoms with E-state index in [9.17, 15) is 4.79 Å². The van der Waals surface area contributed by atoms with E-state index in [0.29, 0.717) is 11.8 Å². The fourth-order valence-corrected chi connectivity index (χ4v) is 5.16. The minimum absolute atomic E-state index is 0.0134. The Balaban J connectivity index is 1.26. The lowest BCUT2D eigenvalue weighted by Crippen LogP contribution is -2.53. The highest BCUT2D eigenvalue weighted by molar-refractivity contribution is 5.80. The highest BCUT2D eigenvalue weighted by Gasteiger charge is 2.45. The maximum absolute atomic E-state index is 13.4. The molecule has 1 aliphatic carbocycles. The van der Waals surface area contributed by atoms with Gasteiger partial charge in [0.1, 0.15) is 11.4 Å². The Morgan fingerprint density at radius 2 is 1.76 bits per heavy atom. The van der Waals surface area contributed by atoms with E-state index in [1.165, 1.54) is 18.4 Å². The van der Waals surface area contributed by atoms with Crippen molar-refractivity contribution in [1.29, 1.82) is 0 Å². The van der Waals surface area contributed by atoms with Crippen LogP contribution in [-0.4, -0.2) is 29.5 Å². The molecule has 152 valence electrons. The molecular formula is C25H30N2O2. The lowest BCUT2D eigenvalue weighted by molar-refractivity contribution is -0.140. The molecular weight excluding hydrogens is 360 g/mol. The molecule has 2 aliphatic heterocycles. The maximum Gasteiger partial charge on any atom is 0.226 e. The fraction of sp³-hybridized carbons (Fsp3) is 0.480. The summed E-state index contributed by atoms with van der Waals surface area (Å²) in [5.74, 6) is 1.95. The molecule has 2 atom stereocenters. The van der Waals surface area contributed by atoms with Crippen LogP contribution in [0, 0.1) is 11.8 Å². The first kappa shape index (κ1) is 18.7. The topological polar surface area (TPSA) is 55.6 Å². The van der Waals surface area contributed by atoms with Crippen molar-refractivity contribution in [1.82, 2.24) is 4.90 Å². The van der Waals surface area contributed by atoms with Gasteiger partial charge in [0.15, 0.2) is 0 Å². The number of rotatable bonds is 4. The van der Waals surface area contributed by atoms with Crippen molar-refractivity contribution >= 4 is 5.91 Å². The zero-order valence-corrected chi connectivity index (χ0v) is 16.9. The minimum atomic E-state index is -0.223. The van der Waals surface area contributed by atoms with Crippen LogP contribution in [0.4, 0.5) is 0 Å². The van der Waals surface area contributed by atoms with Crippen molar-refractivity contribution in [2.75, 3.05) is 13.1 Å². The number of fused-ring (bicyclic) bond motifs is 1. The highest BCUT2D eigenvalue weighted by Crippen LogP contribution is 2.44. The van der Waals surface area contributed by atoms with E-state index >= 15 is 0 Å². The van der Waals surface area contributed by atoms with Crippen molar-refractivity contribution in [3.8, 4) is 5.75 Å².